The first-order valence-electron chi connectivity index (χ1n) is 6.69. The van der Waals surface area contributed by atoms with Crippen LogP contribution < -0.4 is 0 Å². The number of halogens is 1. The van der Waals surface area contributed by atoms with Crippen LogP contribution in [0.3, 0.4) is 0 Å². The largest absolute Gasteiger partial charge is 0.459 e. The van der Waals surface area contributed by atoms with E-state index in [2.05, 4.69) is 11.9 Å². The van der Waals surface area contributed by atoms with Gasteiger partial charge in [-0.3, -0.25) is 9.78 Å². The quantitative estimate of drug-likeness (QED) is 0.706. The monoisotopic (exact) mass is 285 g/mol. The predicted molar refractivity (Wildman–Crippen MR) is 79.2 cm³/mol. The Labute approximate surface area is 122 Å². The normalized spacial score (nSPS) is 13.2. The highest BCUT2D eigenvalue weighted by Gasteiger charge is 2.32. The molecule has 0 amide bonds. The van der Waals surface area contributed by atoms with Crippen LogP contribution in [0, 0.1) is 5.41 Å². The van der Waals surface area contributed by atoms with Crippen LogP contribution in [-0.4, -0.2) is 11.0 Å². The number of ether oxygens (including phenoxy) is 1. The second kappa shape index (κ2) is 8.92. The average molecular weight is 286 g/mol. The van der Waals surface area contributed by atoms with E-state index in [1.807, 2.05) is 32.0 Å². The zero-order chi connectivity index (χ0) is 13.4. The highest BCUT2D eigenvalue weighted by atomic mass is 35.5. The predicted octanol–water partition coefficient (Wildman–Crippen LogP) is 4.15. The lowest BCUT2D eigenvalue weighted by Crippen LogP contribution is -2.29. The van der Waals surface area contributed by atoms with Crippen molar-refractivity contribution in [3.8, 4) is 0 Å². The Balaban J connectivity index is 0.00000324. The van der Waals surface area contributed by atoms with Crippen molar-refractivity contribution < 1.29 is 9.53 Å². The van der Waals surface area contributed by atoms with Crippen LogP contribution in [0.4, 0.5) is 0 Å². The van der Waals surface area contributed by atoms with Gasteiger partial charge in [0.15, 0.2) is 0 Å². The molecule has 1 aromatic rings. The Morgan fingerprint density at radius 1 is 1.37 bits per heavy atom. The third kappa shape index (κ3) is 5.60. The van der Waals surface area contributed by atoms with Crippen molar-refractivity contribution in [3.05, 3.63) is 30.1 Å². The van der Waals surface area contributed by atoms with E-state index < -0.39 is 0 Å². The minimum atomic E-state index is -0.356. The summed E-state index contributed by atoms with van der Waals surface area (Å²) in [5.41, 5.74) is 0.435. The van der Waals surface area contributed by atoms with E-state index in [1.165, 1.54) is 0 Å². The van der Waals surface area contributed by atoms with E-state index >= 15 is 0 Å². The van der Waals surface area contributed by atoms with E-state index in [4.69, 9.17) is 4.74 Å². The molecule has 19 heavy (non-hydrogen) atoms. The van der Waals surface area contributed by atoms with E-state index in [-0.39, 0.29) is 30.4 Å². The Bertz CT molecular complexity index is 370. The number of rotatable bonds is 7. The molecule has 1 unspecified atom stereocenters. The summed E-state index contributed by atoms with van der Waals surface area (Å²) >= 11 is 0. The molecule has 0 aliphatic carbocycles. The molecule has 1 rings (SSSR count). The molecule has 0 aliphatic rings. The molecule has 0 bridgehead atoms. The summed E-state index contributed by atoms with van der Waals surface area (Å²) in [4.78, 5) is 16.3. The number of nitrogens with zero attached hydrogens (tertiary/aromatic N) is 1. The summed E-state index contributed by atoms with van der Waals surface area (Å²) in [5.74, 6) is -0.107. The number of unbranched alkanes of at least 4 members (excludes halogenated alkanes) is 1. The minimum absolute atomic E-state index is 0. The molecule has 1 aromatic heterocycles. The molecule has 0 aliphatic heterocycles. The lowest BCUT2D eigenvalue weighted by molar-refractivity contribution is -0.157. The maximum Gasteiger partial charge on any atom is 0.312 e. The fourth-order valence-electron chi connectivity index (χ4n) is 1.79. The number of aromatic nitrogens is 1. The number of hydrogen-bond donors (Lipinski definition) is 0. The second-order valence-electron chi connectivity index (χ2n) is 4.91. The van der Waals surface area contributed by atoms with Crippen molar-refractivity contribution in [1.29, 1.82) is 0 Å². The maximum atomic E-state index is 12.1. The van der Waals surface area contributed by atoms with Gasteiger partial charge in [0, 0.05) is 6.20 Å². The van der Waals surface area contributed by atoms with Crippen LogP contribution in [-0.2, 0) is 16.1 Å². The van der Waals surface area contributed by atoms with E-state index in [0.717, 1.165) is 31.4 Å². The molecule has 3 nitrogen and oxygen atoms in total. The van der Waals surface area contributed by atoms with Crippen LogP contribution in [0.1, 0.15) is 52.1 Å². The highest BCUT2D eigenvalue weighted by Crippen LogP contribution is 2.30. The summed E-state index contributed by atoms with van der Waals surface area (Å²) < 4.78 is 5.38. The number of pyridine rings is 1. The van der Waals surface area contributed by atoms with Gasteiger partial charge in [-0.05, 0) is 31.9 Å². The molecule has 0 aromatic carbocycles. The maximum absolute atomic E-state index is 12.1. The molecule has 0 spiro atoms. The summed E-state index contributed by atoms with van der Waals surface area (Å²) in [6, 6.07) is 5.61. The summed E-state index contributed by atoms with van der Waals surface area (Å²) in [6.07, 6.45) is 5.57. The van der Waals surface area contributed by atoms with E-state index in [1.54, 1.807) is 6.20 Å². The fourth-order valence-corrected chi connectivity index (χ4v) is 1.79. The molecule has 0 saturated heterocycles. The third-order valence-corrected chi connectivity index (χ3v) is 3.43. The molecule has 1 atom stereocenters. The highest BCUT2D eigenvalue weighted by molar-refractivity contribution is 5.85. The fraction of sp³-hybridized carbons (Fsp3) is 0.600. The van der Waals surface area contributed by atoms with Crippen molar-refractivity contribution in [2.24, 2.45) is 5.41 Å². The Kier molecular flexibility index (Phi) is 8.41. The van der Waals surface area contributed by atoms with Crippen LogP contribution in [0.5, 0.6) is 0 Å². The number of esters is 1. The van der Waals surface area contributed by atoms with Crippen LogP contribution >= 0.6 is 12.4 Å². The van der Waals surface area contributed by atoms with E-state index in [9.17, 15) is 4.79 Å². The average Bonchev–Trinajstić information content (AvgIpc) is 2.43. The molecule has 0 fully saturated rings. The number of hydrogen-bond acceptors (Lipinski definition) is 3. The number of carbonyl (C=O) groups is 1. The Morgan fingerprint density at radius 2 is 2.11 bits per heavy atom. The van der Waals surface area contributed by atoms with Crippen molar-refractivity contribution in [3.63, 3.8) is 0 Å². The third-order valence-electron chi connectivity index (χ3n) is 3.43. The molecule has 0 saturated carbocycles. The lowest BCUT2D eigenvalue weighted by atomic mass is 9.82. The van der Waals surface area contributed by atoms with Gasteiger partial charge >= 0.3 is 5.97 Å². The first-order valence-corrected chi connectivity index (χ1v) is 6.69. The molecule has 1 heterocycles. The zero-order valence-corrected chi connectivity index (χ0v) is 12.8. The van der Waals surface area contributed by atoms with Gasteiger partial charge < -0.3 is 4.74 Å². The molecular formula is C15H24ClNO2. The van der Waals surface area contributed by atoms with Gasteiger partial charge in [-0.15, -0.1) is 12.4 Å². The van der Waals surface area contributed by atoms with Gasteiger partial charge in [-0.2, -0.15) is 0 Å². The van der Waals surface area contributed by atoms with Gasteiger partial charge in [0.2, 0.25) is 0 Å². The minimum Gasteiger partial charge on any atom is -0.459 e. The Hall–Kier alpha value is -1.09. The smallest absolute Gasteiger partial charge is 0.312 e. The summed E-state index contributed by atoms with van der Waals surface area (Å²) in [6.45, 7) is 6.43. The first-order chi connectivity index (χ1) is 8.62. The molecule has 0 N–H and O–H groups in total. The van der Waals surface area contributed by atoms with Crippen molar-refractivity contribution in [1.82, 2.24) is 4.98 Å². The summed E-state index contributed by atoms with van der Waals surface area (Å²) in [7, 11) is 0. The van der Waals surface area contributed by atoms with Crippen molar-refractivity contribution in [2.45, 2.75) is 53.1 Å². The Morgan fingerprint density at radius 3 is 2.63 bits per heavy atom. The van der Waals surface area contributed by atoms with Gasteiger partial charge in [0.25, 0.3) is 0 Å². The topological polar surface area (TPSA) is 39.2 Å². The first kappa shape index (κ1) is 17.9. The zero-order valence-electron chi connectivity index (χ0n) is 12.0. The molecule has 4 heteroatoms. The second-order valence-corrected chi connectivity index (χ2v) is 4.91. The van der Waals surface area contributed by atoms with Crippen molar-refractivity contribution in [2.75, 3.05) is 0 Å². The van der Waals surface area contributed by atoms with Gasteiger partial charge in [0.05, 0.1) is 11.1 Å². The van der Waals surface area contributed by atoms with E-state index in [0.29, 0.717) is 0 Å². The SMILES string of the molecule is CCCCC(C)(CC)C(=O)OCc1ccccn1.Cl. The summed E-state index contributed by atoms with van der Waals surface area (Å²) in [5, 5.41) is 0. The van der Waals surface area contributed by atoms with Gasteiger partial charge in [-0.25, -0.2) is 0 Å². The van der Waals surface area contributed by atoms with Gasteiger partial charge in [-0.1, -0.05) is 32.8 Å². The molecule has 108 valence electrons. The number of carbonyl (C=O) groups excluding carboxylic acids is 1. The molecule has 0 radical (unpaired) electrons. The lowest BCUT2D eigenvalue weighted by Gasteiger charge is -2.25. The van der Waals surface area contributed by atoms with Crippen LogP contribution in [0.25, 0.3) is 0 Å². The molecular weight excluding hydrogens is 262 g/mol. The van der Waals surface area contributed by atoms with Crippen LogP contribution in [0.15, 0.2) is 24.4 Å². The van der Waals surface area contributed by atoms with Gasteiger partial charge in [0.1, 0.15) is 6.61 Å². The van der Waals surface area contributed by atoms with Crippen molar-refractivity contribution >= 4 is 18.4 Å². The van der Waals surface area contributed by atoms with Crippen LogP contribution in [0.2, 0.25) is 0 Å². The standard InChI is InChI=1S/C15H23NO2.ClH/c1-4-6-10-15(3,5-2)14(17)18-12-13-9-7-8-11-16-13;/h7-9,11H,4-6,10,12H2,1-3H3;1H.